The van der Waals surface area contributed by atoms with Gasteiger partial charge < -0.3 is 5.11 Å². The molecule has 0 aliphatic heterocycles. The van der Waals surface area contributed by atoms with Crippen molar-refractivity contribution in [3.8, 4) is 0 Å². The molecule has 2 rings (SSSR count). The smallest absolute Gasteiger partial charge is 0.311 e. The second-order valence-electron chi connectivity index (χ2n) is 4.68. The molecule has 2 N–H and O–H groups in total. The number of carboxylic acids is 1. The maximum Gasteiger partial charge on any atom is 0.311 e. The van der Waals surface area contributed by atoms with Gasteiger partial charge in [-0.2, -0.15) is 5.10 Å². The monoisotopic (exact) mass is 242 g/mol. The minimum atomic E-state index is -0.833. The second kappa shape index (κ2) is 4.09. The summed E-state index contributed by atoms with van der Waals surface area (Å²) in [6.45, 7) is 3.78. The molecule has 1 aromatic rings. The number of hydrogen-bond donors (Lipinski definition) is 2. The highest BCUT2D eigenvalue weighted by atomic mass is 35.5. The van der Waals surface area contributed by atoms with Gasteiger partial charge in [-0.05, 0) is 18.8 Å². The van der Waals surface area contributed by atoms with Gasteiger partial charge in [0.05, 0.1) is 5.92 Å². The van der Waals surface area contributed by atoms with Crippen molar-refractivity contribution in [3.05, 3.63) is 16.4 Å². The van der Waals surface area contributed by atoms with E-state index in [0.717, 1.165) is 18.5 Å². The first-order valence-electron chi connectivity index (χ1n) is 5.48. The molecule has 1 saturated carbocycles. The molecule has 5 heteroatoms. The van der Waals surface area contributed by atoms with Crippen LogP contribution in [0.25, 0.3) is 0 Å². The predicted octanol–water partition coefficient (Wildman–Crippen LogP) is 2.76. The molecule has 0 aromatic carbocycles. The Balaban J connectivity index is 2.42. The van der Waals surface area contributed by atoms with Crippen LogP contribution in [0, 0.1) is 5.92 Å². The molecule has 1 atom stereocenters. The van der Waals surface area contributed by atoms with Crippen LogP contribution in [0.4, 0.5) is 0 Å². The van der Waals surface area contributed by atoms with Gasteiger partial charge in [0.15, 0.2) is 5.15 Å². The van der Waals surface area contributed by atoms with E-state index >= 15 is 0 Å². The van der Waals surface area contributed by atoms with Gasteiger partial charge in [-0.3, -0.25) is 9.89 Å². The number of nitrogens with one attached hydrogen (secondary N) is 1. The van der Waals surface area contributed by atoms with Crippen LogP contribution in [0.2, 0.25) is 5.15 Å². The van der Waals surface area contributed by atoms with Crippen molar-refractivity contribution in [3.63, 3.8) is 0 Å². The maximum absolute atomic E-state index is 11.3. The minimum Gasteiger partial charge on any atom is -0.481 e. The van der Waals surface area contributed by atoms with Gasteiger partial charge in [0, 0.05) is 17.2 Å². The molecule has 0 saturated heterocycles. The first-order valence-corrected chi connectivity index (χ1v) is 5.86. The van der Waals surface area contributed by atoms with E-state index in [4.69, 9.17) is 11.6 Å². The third-order valence-electron chi connectivity index (χ3n) is 3.02. The summed E-state index contributed by atoms with van der Waals surface area (Å²) in [4.78, 5) is 11.3. The van der Waals surface area contributed by atoms with Gasteiger partial charge in [0.2, 0.25) is 0 Å². The average Bonchev–Trinajstić information content (AvgIpc) is 2.94. The van der Waals surface area contributed by atoms with Crippen molar-refractivity contribution in [2.75, 3.05) is 0 Å². The Morgan fingerprint density at radius 2 is 2.19 bits per heavy atom. The SMILES string of the molecule is CC(C)C(C(=O)O)c1c(Cl)n[nH]c1C1CC1. The number of aromatic nitrogens is 2. The van der Waals surface area contributed by atoms with Crippen LogP contribution in [-0.4, -0.2) is 21.3 Å². The lowest BCUT2D eigenvalue weighted by Crippen LogP contribution is -2.18. The molecule has 0 amide bonds. The summed E-state index contributed by atoms with van der Waals surface area (Å²) in [5, 5.41) is 16.4. The molecule has 1 aromatic heterocycles. The molecule has 1 aliphatic rings. The van der Waals surface area contributed by atoms with Crippen LogP contribution in [0.3, 0.4) is 0 Å². The number of aromatic amines is 1. The van der Waals surface area contributed by atoms with E-state index in [1.165, 1.54) is 0 Å². The summed E-state index contributed by atoms with van der Waals surface area (Å²) in [5.74, 6) is -0.970. The predicted molar refractivity (Wildman–Crippen MR) is 60.8 cm³/mol. The van der Waals surface area contributed by atoms with Crippen LogP contribution in [-0.2, 0) is 4.79 Å². The van der Waals surface area contributed by atoms with E-state index in [0.29, 0.717) is 16.6 Å². The van der Waals surface area contributed by atoms with Crippen LogP contribution in [0.15, 0.2) is 0 Å². The molecule has 0 radical (unpaired) electrons. The molecule has 1 fully saturated rings. The third-order valence-corrected chi connectivity index (χ3v) is 3.30. The maximum atomic E-state index is 11.3. The normalized spacial score (nSPS) is 17.8. The molecule has 1 unspecified atom stereocenters. The molecular weight excluding hydrogens is 228 g/mol. The van der Waals surface area contributed by atoms with Crippen LogP contribution >= 0.6 is 11.6 Å². The summed E-state index contributed by atoms with van der Waals surface area (Å²) in [6.07, 6.45) is 2.19. The van der Waals surface area contributed by atoms with Crippen molar-refractivity contribution in [1.29, 1.82) is 0 Å². The molecule has 0 bridgehead atoms. The molecule has 0 spiro atoms. The Labute approximate surface area is 99.0 Å². The lowest BCUT2D eigenvalue weighted by molar-refractivity contribution is -0.139. The van der Waals surface area contributed by atoms with E-state index in [9.17, 15) is 9.90 Å². The second-order valence-corrected chi connectivity index (χ2v) is 5.03. The topological polar surface area (TPSA) is 66.0 Å². The van der Waals surface area contributed by atoms with Crippen molar-refractivity contribution in [2.45, 2.75) is 38.5 Å². The first kappa shape index (κ1) is 11.5. The van der Waals surface area contributed by atoms with E-state index in [1.807, 2.05) is 13.8 Å². The molecule has 88 valence electrons. The van der Waals surface area contributed by atoms with Gasteiger partial charge in [-0.15, -0.1) is 0 Å². The average molecular weight is 243 g/mol. The molecule has 1 heterocycles. The Morgan fingerprint density at radius 1 is 1.56 bits per heavy atom. The van der Waals surface area contributed by atoms with Gasteiger partial charge in [-0.1, -0.05) is 25.4 Å². The van der Waals surface area contributed by atoms with Gasteiger partial charge in [-0.25, -0.2) is 0 Å². The fourth-order valence-corrected chi connectivity index (χ4v) is 2.32. The number of rotatable bonds is 4. The van der Waals surface area contributed by atoms with Crippen molar-refractivity contribution in [2.24, 2.45) is 5.92 Å². The first-order chi connectivity index (χ1) is 7.52. The summed E-state index contributed by atoms with van der Waals surface area (Å²) in [6, 6.07) is 0. The number of nitrogens with zero attached hydrogens (tertiary/aromatic N) is 1. The zero-order valence-corrected chi connectivity index (χ0v) is 10.1. The van der Waals surface area contributed by atoms with E-state index < -0.39 is 11.9 Å². The Bertz CT molecular complexity index is 410. The highest BCUT2D eigenvalue weighted by molar-refractivity contribution is 6.30. The minimum absolute atomic E-state index is 0.00472. The van der Waals surface area contributed by atoms with Crippen LogP contribution < -0.4 is 0 Å². The van der Waals surface area contributed by atoms with Gasteiger partial charge in [0.1, 0.15) is 0 Å². The lowest BCUT2D eigenvalue weighted by atomic mass is 9.88. The fraction of sp³-hybridized carbons (Fsp3) is 0.636. The Hall–Kier alpha value is -1.03. The van der Waals surface area contributed by atoms with Gasteiger partial charge >= 0.3 is 5.97 Å². The van der Waals surface area contributed by atoms with E-state index in [1.54, 1.807) is 0 Å². The molecule has 16 heavy (non-hydrogen) atoms. The van der Waals surface area contributed by atoms with Gasteiger partial charge in [0.25, 0.3) is 0 Å². The fourth-order valence-electron chi connectivity index (χ4n) is 2.06. The Morgan fingerprint density at radius 3 is 2.62 bits per heavy atom. The number of carboxylic acid groups (broad SMARTS) is 1. The Kier molecular flexibility index (Phi) is 2.93. The van der Waals surface area contributed by atoms with Crippen molar-refractivity contribution in [1.82, 2.24) is 10.2 Å². The zero-order chi connectivity index (χ0) is 11.9. The van der Waals surface area contributed by atoms with Crippen LogP contribution in [0.1, 0.15) is 49.8 Å². The highest BCUT2D eigenvalue weighted by Gasteiger charge is 2.36. The number of hydrogen-bond acceptors (Lipinski definition) is 2. The quantitative estimate of drug-likeness (QED) is 0.853. The number of H-pyrrole nitrogens is 1. The third kappa shape index (κ3) is 1.94. The molecular formula is C11H15ClN2O2. The summed E-state index contributed by atoms with van der Waals surface area (Å²) in [5.41, 5.74) is 1.61. The highest BCUT2D eigenvalue weighted by Crippen LogP contribution is 2.45. The van der Waals surface area contributed by atoms with Crippen molar-refractivity contribution < 1.29 is 9.90 Å². The summed E-state index contributed by atoms with van der Waals surface area (Å²) >= 11 is 5.99. The largest absolute Gasteiger partial charge is 0.481 e. The van der Waals surface area contributed by atoms with Crippen LogP contribution in [0.5, 0.6) is 0 Å². The number of halogens is 1. The van der Waals surface area contributed by atoms with E-state index in [-0.39, 0.29) is 5.92 Å². The lowest BCUT2D eigenvalue weighted by Gasteiger charge is -2.16. The zero-order valence-electron chi connectivity index (χ0n) is 9.33. The standard InChI is InChI=1S/C11H15ClN2O2/c1-5(2)7(11(15)16)8-9(6-3-4-6)13-14-10(8)12/h5-7H,3-4H2,1-2H3,(H,13,14)(H,15,16). The summed E-state index contributed by atoms with van der Waals surface area (Å²) < 4.78 is 0. The van der Waals surface area contributed by atoms with Crippen molar-refractivity contribution >= 4 is 17.6 Å². The number of carbonyl (C=O) groups is 1. The molecule has 1 aliphatic carbocycles. The van der Waals surface area contributed by atoms with E-state index in [2.05, 4.69) is 10.2 Å². The number of aliphatic carboxylic acids is 1. The summed E-state index contributed by atoms with van der Waals surface area (Å²) in [7, 11) is 0. The molecule has 4 nitrogen and oxygen atoms in total.